The molecule has 0 unspecified atom stereocenters. The summed E-state index contributed by atoms with van der Waals surface area (Å²) in [5, 5.41) is 5.74. The molecule has 0 aliphatic rings. The van der Waals surface area contributed by atoms with Gasteiger partial charge in [0.2, 0.25) is 0 Å². The predicted octanol–water partition coefficient (Wildman–Crippen LogP) is 11.2. The number of thiophene rings is 2. The Hall–Kier alpha value is -5.04. The molecule has 6 heteroatoms. The fraction of sp³-hybridized carbons (Fsp3) is 0. The van der Waals surface area contributed by atoms with Gasteiger partial charge in [0.15, 0.2) is 5.58 Å². The number of nitrogens with zero attached hydrogens (tertiary/aromatic N) is 2. The lowest BCUT2D eigenvalue weighted by Crippen LogP contribution is -1.94. The first kappa shape index (κ1) is 22.6. The molecule has 0 atom stereocenters. The molecule has 0 amide bonds. The van der Waals surface area contributed by atoms with E-state index in [1.807, 2.05) is 36.4 Å². The third-order valence-electron chi connectivity index (χ3n) is 8.12. The molecule has 5 aromatic carbocycles. The van der Waals surface area contributed by atoms with E-state index in [4.69, 9.17) is 18.8 Å². The minimum Gasteiger partial charge on any atom is -0.456 e. The van der Waals surface area contributed by atoms with E-state index in [2.05, 4.69) is 72.8 Å². The average Bonchev–Trinajstić information content (AvgIpc) is 3.78. The van der Waals surface area contributed by atoms with Crippen molar-refractivity contribution in [3.8, 4) is 22.5 Å². The second-order valence-corrected chi connectivity index (χ2v) is 12.6. The highest BCUT2D eigenvalue weighted by molar-refractivity contribution is 7.26. The standard InChI is InChI=1S/C36H18N2O2S2/c1-2-9-19(10-3-1)31-32(37-33-34-35(42-36(33)38-31)21-12-5-7-15-26(21)40-34)22-13-8-16-28-30(22)24-17-23-20-11-4-6-14-25(20)39-27(23)18-29(24)41-28/h1-18H. The predicted molar refractivity (Wildman–Crippen MR) is 176 cm³/mol. The summed E-state index contributed by atoms with van der Waals surface area (Å²) in [6, 6.07) is 37.7. The number of para-hydroxylation sites is 2. The maximum Gasteiger partial charge on any atom is 0.174 e. The van der Waals surface area contributed by atoms with E-state index < -0.39 is 0 Å². The van der Waals surface area contributed by atoms with Crippen molar-refractivity contribution in [1.82, 2.24) is 9.97 Å². The van der Waals surface area contributed by atoms with Crippen LogP contribution in [0.2, 0.25) is 0 Å². The van der Waals surface area contributed by atoms with E-state index in [9.17, 15) is 0 Å². The van der Waals surface area contributed by atoms with Crippen molar-refractivity contribution >= 4 is 96.4 Å². The molecule has 5 heterocycles. The van der Waals surface area contributed by atoms with E-state index in [0.717, 1.165) is 76.1 Å². The van der Waals surface area contributed by atoms with Crippen molar-refractivity contribution in [1.29, 1.82) is 0 Å². The molecule has 4 nitrogen and oxygen atoms in total. The number of hydrogen-bond donors (Lipinski definition) is 0. The lowest BCUT2D eigenvalue weighted by atomic mass is 9.98. The Bertz CT molecular complexity index is 2690. The summed E-state index contributed by atoms with van der Waals surface area (Å²) >= 11 is 3.43. The fourth-order valence-electron chi connectivity index (χ4n) is 6.24. The van der Waals surface area contributed by atoms with Crippen LogP contribution in [0.25, 0.3) is 96.2 Å². The van der Waals surface area contributed by atoms with Gasteiger partial charge in [-0.15, -0.1) is 22.7 Å². The third kappa shape index (κ3) is 3.05. The molecule has 0 aliphatic heterocycles. The van der Waals surface area contributed by atoms with Gasteiger partial charge in [-0.3, -0.25) is 0 Å². The van der Waals surface area contributed by atoms with Gasteiger partial charge in [-0.05, 0) is 36.4 Å². The Morgan fingerprint density at radius 2 is 1.31 bits per heavy atom. The molecular formula is C36H18N2O2S2. The van der Waals surface area contributed by atoms with Crippen LogP contribution in [0.5, 0.6) is 0 Å². The van der Waals surface area contributed by atoms with E-state index in [-0.39, 0.29) is 0 Å². The molecule has 0 radical (unpaired) electrons. The molecule has 0 aliphatic carbocycles. The van der Waals surface area contributed by atoms with Crippen LogP contribution in [0, 0.1) is 0 Å². The Morgan fingerprint density at radius 3 is 2.19 bits per heavy atom. The first-order valence-corrected chi connectivity index (χ1v) is 15.4. The first-order chi connectivity index (χ1) is 20.8. The van der Waals surface area contributed by atoms with Crippen LogP contribution in [-0.2, 0) is 0 Å². The van der Waals surface area contributed by atoms with Gasteiger partial charge in [-0.25, -0.2) is 9.97 Å². The fourth-order valence-corrected chi connectivity index (χ4v) is 8.46. The van der Waals surface area contributed by atoms with Gasteiger partial charge in [0, 0.05) is 47.5 Å². The van der Waals surface area contributed by atoms with Crippen molar-refractivity contribution < 1.29 is 8.83 Å². The normalized spacial score (nSPS) is 12.3. The highest BCUT2D eigenvalue weighted by Gasteiger charge is 2.23. The Morgan fingerprint density at radius 1 is 0.524 bits per heavy atom. The monoisotopic (exact) mass is 574 g/mol. The van der Waals surface area contributed by atoms with Crippen LogP contribution in [0.3, 0.4) is 0 Å². The molecule has 5 aromatic heterocycles. The smallest absolute Gasteiger partial charge is 0.174 e. The van der Waals surface area contributed by atoms with Gasteiger partial charge in [-0.2, -0.15) is 0 Å². The quantitative estimate of drug-likeness (QED) is 0.206. The molecule has 0 spiro atoms. The zero-order valence-corrected chi connectivity index (χ0v) is 23.6. The van der Waals surface area contributed by atoms with Crippen LogP contribution in [-0.4, -0.2) is 9.97 Å². The van der Waals surface area contributed by atoms with Crippen molar-refractivity contribution in [3.63, 3.8) is 0 Å². The first-order valence-electron chi connectivity index (χ1n) is 13.7. The largest absolute Gasteiger partial charge is 0.456 e. The molecule has 0 fully saturated rings. The summed E-state index contributed by atoms with van der Waals surface area (Å²) < 4.78 is 16.1. The highest BCUT2D eigenvalue weighted by Crippen LogP contribution is 2.46. The summed E-state index contributed by atoms with van der Waals surface area (Å²) in [6.07, 6.45) is 0. The maximum absolute atomic E-state index is 6.36. The van der Waals surface area contributed by atoms with Crippen molar-refractivity contribution in [2.75, 3.05) is 0 Å². The van der Waals surface area contributed by atoms with E-state index in [1.54, 1.807) is 22.7 Å². The van der Waals surface area contributed by atoms with E-state index >= 15 is 0 Å². The van der Waals surface area contributed by atoms with Gasteiger partial charge < -0.3 is 8.83 Å². The van der Waals surface area contributed by atoms with E-state index in [1.165, 1.54) is 20.2 Å². The Kier molecular flexibility index (Phi) is 4.45. The number of hydrogen-bond acceptors (Lipinski definition) is 6. The van der Waals surface area contributed by atoms with Gasteiger partial charge >= 0.3 is 0 Å². The second kappa shape index (κ2) is 8.26. The van der Waals surface area contributed by atoms with Gasteiger partial charge in [0.1, 0.15) is 27.1 Å². The van der Waals surface area contributed by atoms with Crippen molar-refractivity contribution in [2.45, 2.75) is 0 Å². The summed E-state index contributed by atoms with van der Waals surface area (Å²) in [7, 11) is 0. The lowest BCUT2D eigenvalue weighted by molar-refractivity contribution is 0.669. The van der Waals surface area contributed by atoms with Crippen LogP contribution in [0.1, 0.15) is 0 Å². The lowest BCUT2D eigenvalue weighted by Gasteiger charge is -2.10. The summed E-state index contributed by atoms with van der Waals surface area (Å²) in [6.45, 7) is 0. The minimum absolute atomic E-state index is 0.804. The highest BCUT2D eigenvalue weighted by atomic mass is 32.1. The molecule has 196 valence electrons. The van der Waals surface area contributed by atoms with Gasteiger partial charge in [0.25, 0.3) is 0 Å². The van der Waals surface area contributed by atoms with Gasteiger partial charge in [0.05, 0.1) is 16.1 Å². The molecule has 10 rings (SSSR count). The zero-order chi connectivity index (χ0) is 27.4. The number of fused-ring (bicyclic) bond motifs is 11. The average molecular weight is 575 g/mol. The molecule has 0 bridgehead atoms. The molecular weight excluding hydrogens is 557 g/mol. The molecule has 10 aromatic rings. The van der Waals surface area contributed by atoms with Crippen LogP contribution >= 0.6 is 22.7 Å². The van der Waals surface area contributed by atoms with Crippen LogP contribution in [0.4, 0.5) is 0 Å². The number of benzene rings is 5. The summed E-state index contributed by atoms with van der Waals surface area (Å²) in [5.74, 6) is 0. The molecule has 0 N–H and O–H groups in total. The molecule has 42 heavy (non-hydrogen) atoms. The van der Waals surface area contributed by atoms with Gasteiger partial charge in [-0.1, -0.05) is 72.8 Å². The Labute approximate surface area is 246 Å². The van der Waals surface area contributed by atoms with E-state index in [0.29, 0.717) is 0 Å². The summed E-state index contributed by atoms with van der Waals surface area (Å²) in [4.78, 5) is 11.5. The maximum atomic E-state index is 6.36. The van der Waals surface area contributed by atoms with Crippen LogP contribution in [0.15, 0.2) is 118 Å². The number of aromatic nitrogens is 2. The van der Waals surface area contributed by atoms with Crippen molar-refractivity contribution in [3.05, 3.63) is 109 Å². The zero-order valence-electron chi connectivity index (χ0n) is 21.9. The molecule has 0 saturated carbocycles. The molecule has 0 saturated heterocycles. The van der Waals surface area contributed by atoms with Crippen LogP contribution < -0.4 is 0 Å². The third-order valence-corrected chi connectivity index (χ3v) is 10.3. The topological polar surface area (TPSA) is 52.1 Å². The number of rotatable bonds is 2. The second-order valence-electron chi connectivity index (χ2n) is 10.5. The SMILES string of the molecule is c1ccc(-c2nc3sc4c5ccccc5oc4c3nc2-c2cccc3sc4cc5oc6ccccc6c5cc4c23)cc1. The Balaban J connectivity index is 1.34. The van der Waals surface area contributed by atoms with Crippen molar-refractivity contribution in [2.24, 2.45) is 0 Å². The number of furan rings is 2. The minimum atomic E-state index is 0.804. The summed E-state index contributed by atoms with van der Waals surface area (Å²) in [5.41, 5.74) is 8.14.